The molecular formula is C27H30N2O4S. The van der Waals surface area contributed by atoms with Gasteiger partial charge in [0.25, 0.3) is 5.91 Å². The van der Waals surface area contributed by atoms with E-state index in [4.69, 9.17) is 9.47 Å². The molecule has 4 rings (SSSR count). The van der Waals surface area contributed by atoms with Crippen LogP contribution in [0.25, 0.3) is 0 Å². The first-order valence-electron chi connectivity index (χ1n) is 11.7. The molecule has 0 radical (unpaired) electrons. The average molecular weight is 479 g/mol. The smallest absolute Gasteiger partial charge is 0.258 e. The van der Waals surface area contributed by atoms with Crippen molar-refractivity contribution in [3.8, 4) is 11.5 Å². The molecule has 0 spiro atoms. The molecule has 0 fully saturated rings. The van der Waals surface area contributed by atoms with Crippen LogP contribution in [0.2, 0.25) is 0 Å². The SMILES string of the molecule is CCOc1ccc(NC(=O)c2c(NC(=O)Cc3ccc(OC)cc3)sc3c2CCCCC3)cc1. The fraction of sp³-hybridized carbons (Fsp3) is 0.333. The number of carbonyl (C=O) groups excluding carboxylic acids is 2. The Morgan fingerprint density at radius 3 is 2.32 bits per heavy atom. The van der Waals surface area contributed by atoms with Gasteiger partial charge < -0.3 is 20.1 Å². The summed E-state index contributed by atoms with van der Waals surface area (Å²) in [5.41, 5.74) is 3.25. The summed E-state index contributed by atoms with van der Waals surface area (Å²) in [5.74, 6) is 1.18. The molecule has 1 heterocycles. The number of fused-ring (bicyclic) bond motifs is 1. The quantitative estimate of drug-likeness (QED) is 0.398. The fourth-order valence-electron chi connectivity index (χ4n) is 4.17. The van der Waals surface area contributed by atoms with E-state index in [-0.39, 0.29) is 18.2 Å². The van der Waals surface area contributed by atoms with E-state index < -0.39 is 0 Å². The number of nitrogens with one attached hydrogen (secondary N) is 2. The molecule has 0 aliphatic heterocycles. The van der Waals surface area contributed by atoms with Crippen LogP contribution in [-0.2, 0) is 24.1 Å². The van der Waals surface area contributed by atoms with Crippen molar-refractivity contribution in [1.29, 1.82) is 0 Å². The van der Waals surface area contributed by atoms with Crippen molar-refractivity contribution in [2.45, 2.75) is 45.4 Å². The van der Waals surface area contributed by atoms with Crippen molar-refractivity contribution in [1.82, 2.24) is 0 Å². The van der Waals surface area contributed by atoms with Crippen LogP contribution in [0.4, 0.5) is 10.7 Å². The number of rotatable bonds is 8. The molecule has 0 saturated heterocycles. The molecule has 2 amide bonds. The Bertz CT molecular complexity index is 1140. The Kier molecular flexibility index (Phi) is 7.85. The molecular weight excluding hydrogens is 448 g/mol. The summed E-state index contributed by atoms with van der Waals surface area (Å²) in [5, 5.41) is 6.67. The van der Waals surface area contributed by atoms with Crippen molar-refractivity contribution < 1.29 is 19.1 Å². The van der Waals surface area contributed by atoms with Gasteiger partial charge in [0.15, 0.2) is 0 Å². The standard InChI is InChI=1S/C27H30N2O4S/c1-3-33-21-15-11-19(12-16-21)28-26(31)25-22-7-5-4-6-8-23(22)34-27(25)29-24(30)17-18-9-13-20(32-2)14-10-18/h9-16H,3-8,17H2,1-2H3,(H,28,31)(H,29,30). The van der Waals surface area contributed by atoms with Crippen molar-refractivity contribution in [2.24, 2.45) is 0 Å². The number of carbonyl (C=O) groups is 2. The molecule has 2 N–H and O–H groups in total. The van der Waals surface area contributed by atoms with Gasteiger partial charge in [-0.2, -0.15) is 0 Å². The molecule has 7 heteroatoms. The molecule has 3 aromatic rings. The Balaban J connectivity index is 1.54. The lowest BCUT2D eigenvalue weighted by Gasteiger charge is -2.11. The molecule has 1 aromatic heterocycles. The normalized spacial score (nSPS) is 12.9. The summed E-state index contributed by atoms with van der Waals surface area (Å²) in [6.07, 6.45) is 5.33. The second kappa shape index (κ2) is 11.2. The molecule has 0 atom stereocenters. The lowest BCUT2D eigenvalue weighted by atomic mass is 10.0. The van der Waals surface area contributed by atoms with Crippen LogP contribution in [0, 0.1) is 0 Å². The molecule has 0 saturated carbocycles. The highest BCUT2D eigenvalue weighted by Crippen LogP contribution is 2.38. The number of benzene rings is 2. The first-order valence-corrected chi connectivity index (χ1v) is 12.5. The topological polar surface area (TPSA) is 76.7 Å². The second-order valence-corrected chi connectivity index (χ2v) is 9.36. The molecule has 178 valence electrons. The zero-order valence-corrected chi connectivity index (χ0v) is 20.4. The maximum atomic E-state index is 13.4. The number of hydrogen-bond donors (Lipinski definition) is 2. The first-order chi connectivity index (χ1) is 16.6. The number of methoxy groups -OCH3 is 1. The highest BCUT2D eigenvalue weighted by atomic mass is 32.1. The largest absolute Gasteiger partial charge is 0.497 e. The average Bonchev–Trinajstić information content (AvgIpc) is 3.01. The van der Waals surface area contributed by atoms with Gasteiger partial charge in [-0.1, -0.05) is 18.6 Å². The summed E-state index contributed by atoms with van der Waals surface area (Å²) in [7, 11) is 1.61. The maximum Gasteiger partial charge on any atom is 0.258 e. The molecule has 1 aliphatic rings. The van der Waals surface area contributed by atoms with E-state index in [0.29, 0.717) is 22.9 Å². The number of ether oxygens (including phenoxy) is 2. The second-order valence-electron chi connectivity index (χ2n) is 8.25. The van der Waals surface area contributed by atoms with Gasteiger partial charge in [-0.15, -0.1) is 11.3 Å². The molecule has 0 bridgehead atoms. The van der Waals surface area contributed by atoms with Gasteiger partial charge in [0.05, 0.1) is 25.7 Å². The minimum atomic E-state index is -0.191. The minimum absolute atomic E-state index is 0.142. The van der Waals surface area contributed by atoms with Crippen molar-refractivity contribution in [3.05, 3.63) is 70.1 Å². The Morgan fingerprint density at radius 2 is 1.62 bits per heavy atom. The van der Waals surface area contributed by atoms with Crippen molar-refractivity contribution in [2.75, 3.05) is 24.4 Å². The van der Waals surface area contributed by atoms with E-state index in [1.54, 1.807) is 7.11 Å². The van der Waals surface area contributed by atoms with E-state index in [0.717, 1.165) is 54.7 Å². The van der Waals surface area contributed by atoms with Gasteiger partial charge >= 0.3 is 0 Å². The van der Waals surface area contributed by atoms with E-state index in [1.807, 2.05) is 55.5 Å². The summed E-state index contributed by atoms with van der Waals surface area (Å²) in [6.45, 7) is 2.52. The monoisotopic (exact) mass is 478 g/mol. The first kappa shape index (κ1) is 23.8. The van der Waals surface area contributed by atoms with Crippen molar-refractivity contribution >= 4 is 33.8 Å². The number of aryl methyl sites for hydroxylation is 1. The van der Waals surface area contributed by atoms with Gasteiger partial charge in [0.1, 0.15) is 16.5 Å². The van der Waals surface area contributed by atoms with Gasteiger partial charge in [-0.3, -0.25) is 9.59 Å². The Hall–Kier alpha value is -3.32. The lowest BCUT2D eigenvalue weighted by Crippen LogP contribution is -2.19. The molecule has 1 aliphatic carbocycles. The zero-order valence-electron chi connectivity index (χ0n) is 19.6. The molecule has 6 nitrogen and oxygen atoms in total. The number of hydrogen-bond acceptors (Lipinski definition) is 5. The highest BCUT2D eigenvalue weighted by molar-refractivity contribution is 7.17. The lowest BCUT2D eigenvalue weighted by molar-refractivity contribution is -0.115. The summed E-state index contributed by atoms with van der Waals surface area (Å²) in [6, 6.07) is 14.8. The number of thiophene rings is 1. The third kappa shape index (κ3) is 5.78. The van der Waals surface area contributed by atoms with Gasteiger partial charge in [-0.25, -0.2) is 0 Å². The summed E-state index contributed by atoms with van der Waals surface area (Å²) >= 11 is 1.54. The molecule has 0 unspecified atom stereocenters. The Labute approximate surface area is 204 Å². The third-order valence-electron chi connectivity index (χ3n) is 5.85. The predicted octanol–water partition coefficient (Wildman–Crippen LogP) is 5.86. The van der Waals surface area contributed by atoms with Crippen LogP contribution in [0.5, 0.6) is 11.5 Å². The van der Waals surface area contributed by atoms with Crippen LogP contribution in [-0.4, -0.2) is 25.5 Å². The number of anilines is 2. The fourth-order valence-corrected chi connectivity index (χ4v) is 5.47. The van der Waals surface area contributed by atoms with Gasteiger partial charge in [0, 0.05) is 10.6 Å². The van der Waals surface area contributed by atoms with Crippen LogP contribution >= 0.6 is 11.3 Å². The van der Waals surface area contributed by atoms with E-state index >= 15 is 0 Å². The maximum absolute atomic E-state index is 13.4. The highest BCUT2D eigenvalue weighted by Gasteiger charge is 2.26. The molecule has 2 aromatic carbocycles. The van der Waals surface area contributed by atoms with Crippen molar-refractivity contribution in [3.63, 3.8) is 0 Å². The molecule has 34 heavy (non-hydrogen) atoms. The summed E-state index contributed by atoms with van der Waals surface area (Å²) < 4.78 is 10.7. The van der Waals surface area contributed by atoms with Crippen LogP contribution in [0.3, 0.4) is 0 Å². The van der Waals surface area contributed by atoms with Crippen LogP contribution < -0.4 is 20.1 Å². The van der Waals surface area contributed by atoms with E-state index in [9.17, 15) is 9.59 Å². The van der Waals surface area contributed by atoms with E-state index in [1.165, 1.54) is 16.2 Å². The zero-order chi connectivity index (χ0) is 23.9. The number of amides is 2. The van der Waals surface area contributed by atoms with Gasteiger partial charge in [0.2, 0.25) is 5.91 Å². The Morgan fingerprint density at radius 1 is 0.912 bits per heavy atom. The third-order valence-corrected chi connectivity index (χ3v) is 7.06. The summed E-state index contributed by atoms with van der Waals surface area (Å²) in [4.78, 5) is 27.5. The van der Waals surface area contributed by atoms with Crippen LogP contribution in [0.15, 0.2) is 48.5 Å². The predicted molar refractivity (Wildman–Crippen MR) is 136 cm³/mol. The van der Waals surface area contributed by atoms with Crippen LogP contribution in [0.1, 0.15) is 52.5 Å². The minimum Gasteiger partial charge on any atom is -0.497 e. The van der Waals surface area contributed by atoms with E-state index in [2.05, 4.69) is 10.6 Å². The van der Waals surface area contributed by atoms with Gasteiger partial charge in [-0.05, 0) is 80.1 Å².